The van der Waals surface area contributed by atoms with Crippen molar-refractivity contribution in [3.63, 3.8) is 0 Å². The minimum absolute atomic E-state index is 0. The van der Waals surface area contributed by atoms with E-state index < -0.39 is 0 Å². The second-order valence-electron chi connectivity index (χ2n) is 7.19. The Balaban J connectivity index is 0.00000140. The lowest BCUT2D eigenvalue weighted by Crippen LogP contribution is -2.37. The van der Waals surface area contributed by atoms with Gasteiger partial charge in [-0.1, -0.05) is 23.4 Å². The Morgan fingerprint density at radius 3 is 2.57 bits per heavy atom. The van der Waals surface area contributed by atoms with Gasteiger partial charge in [0, 0.05) is 24.8 Å². The molecule has 28 heavy (non-hydrogen) atoms. The smallest absolute Gasteiger partial charge is 0.274 e. The highest BCUT2D eigenvalue weighted by Crippen LogP contribution is 2.22. The lowest BCUT2D eigenvalue weighted by Gasteiger charge is -2.23. The van der Waals surface area contributed by atoms with Crippen molar-refractivity contribution in [3.05, 3.63) is 41.7 Å². The highest BCUT2D eigenvalue weighted by molar-refractivity contribution is 5.93. The number of amides is 1. The van der Waals surface area contributed by atoms with Crippen LogP contribution in [0.25, 0.3) is 0 Å². The van der Waals surface area contributed by atoms with Crippen LogP contribution in [0.3, 0.4) is 0 Å². The Labute approximate surface area is 178 Å². The van der Waals surface area contributed by atoms with Crippen LogP contribution < -0.4 is 15.5 Å². The number of hydrogen-bond acceptors (Lipinski definition) is 5. The van der Waals surface area contributed by atoms with Gasteiger partial charge in [0.25, 0.3) is 5.91 Å². The highest BCUT2D eigenvalue weighted by atomic mass is 35.5. The normalized spacial score (nSPS) is 19.6. The van der Waals surface area contributed by atoms with Crippen LogP contribution in [0.5, 0.6) is 0 Å². The fraction of sp³-hybridized carbons (Fsp3) is 0.526. The number of carbonyl (C=O) groups excluding carboxylic acids is 1. The topological polar surface area (TPSA) is 75.1 Å². The molecule has 0 radical (unpaired) electrons. The number of nitrogens with zero attached hydrogens (tertiary/aromatic N) is 4. The summed E-state index contributed by atoms with van der Waals surface area (Å²) in [6, 6.07) is 10.8. The third-order valence-corrected chi connectivity index (χ3v) is 5.44. The molecule has 0 spiro atoms. The van der Waals surface area contributed by atoms with Crippen molar-refractivity contribution in [2.45, 2.75) is 38.3 Å². The number of nitrogens with one attached hydrogen (secondary N) is 2. The zero-order chi connectivity index (χ0) is 17.9. The first-order valence-electron chi connectivity index (χ1n) is 9.46. The van der Waals surface area contributed by atoms with Gasteiger partial charge in [0.2, 0.25) is 0 Å². The predicted octanol–water partition coefficient (Wildman–Crippen LogP) is 2.36. The first-order valence-corrected chi connectivity index (χ1v) is 9.46. The molecule has 1 atom stereocenters. The molecule has 154 valence electrons. The fourth-order valence-corrected chi connectivity index (χ4v) is 3.95. The van der Waals surface area contributed by atoms with Crippen LogP contribution in [0.1, 0.15) is 41.5 Å². The summed E-state index contributed by atoms with van der Waals surface area (Å²) in [6.45, 7) is 5.71. The molecule has 2 aromatic rings. The molecule has 4 rings (SSSR count). The van der Waals surface area contributed by atoms with E-state index in [1.807, 2.05) is 29.8 Å². The van der Waals surface area contributed by atoms with E-state index in [-0.39, 0.29) is 36.8 Å². The van der Waals surface area contributed by atoms with E-state index in [1.165, 1.54) is 5.69 Å². The summed E-state index contributed by atoms with van der Waals surface area (Å²) in [4.78, 5) is 15.0. The summed E-state index contributed by atoms with van der Waals surface area (Å²) in [5, 5.41) is 14.9. The van der Waals surface area contributed by atoms with Crippen molar-refractivity contribution in [1.29, 1.82) is 0 Å². The van der Waals surface area contributed by atoms with E-state index in [1.54, 1.807) is 0 Å². The van der Waals surface area contributed by atoms with E-state index >= 15 is 0 Å². The van der Waals surface area contributed by atoms with Crippen molar-refractivity contribution in [2.75, 3.05) is 31.1 Å². The van der Waals surface area contributed by atoms with Crippen LogP contribution >= 0.6 is 24.8 Å². The number of benzene rings is 1. The van der Waals surface area contributed by atoms with Gasteiger partial charge in [-0.15, -0.1) is 29.9 Å². The maximum Gasteiger partial charge on any atom is 0.274 e. The number of rotatable bonds is 4. The molecule has 1 amide bonds. The maximum atomic E-state index is 12.7. The number of halogens is 2. The molecule has 7 nitrogen and oxygen atoms in total. The van der Waals surface area contributed by atoms with Crippen LogP contribution in [0.2, 0.25) is 0 Å². The lowest BCUT2D eigenvalue weighted by molar-refractivity contribution is 0.0934. The molecule has 0 aliphatic carbocycles. The van der Waals surface area contributed by atoms with Crippen LogP contribution in [0, 0.1) is 6.92 Å². The summed E-state index contributed by atoms with van der Waals surface area (Å²) in [5.74, 6) is -0.109. The zero-order valence-corrected chi connectivity index (χ0v) is 17.6. The van der Waals surface area contributed by atoms with Gasteiger partial charge in [-0.25, -0.2) is 4.68 Å². The van der Waals surface area contributed by atoms with Gasteiger partial charge < -0.3 is 15.5 Å². The highest BCUT2D eigenvalue weighted by Gasteiger charge is 2.27. The van der Waals surface area contributed by atoms with Crippen molar-refractivity contribution < 1.29 is 4.79 Å². The van der Waals surface area contributed by atoms with Crippen LogP contribution in [-0.2, 0) is 0 Å². The summed E-state index contributed by atoms with van der Waals surface area (Å²) in [7, 11) is 0. The van der Waals surface area contributed by atoms with Gasteiger partial charge in [0.15, 0.2) is 5.69 Å². The number of aromatic nitrogens is 3. The van der Waals surface area contributed by atoms with Gasteiger partial charge in [0.1, 0.15) is 0 Å². The Morgan fingerprint density at radius 1 is 1.14 bits per heavy atom. The largest absolute Gasteiger partial charge is 0.369 e. The average Bonchev–Trinajstić information content (AvgIpc) is 3.30. The molecule has 2 aliphatic heterocycles. The van der Waals surface area contributed by atoms with Gasteiger partial charge in [-0.2, -0.15) is 0 Å². The zero-order valence-electron chi connectivity index (χ0n) is 16.0. The number of carbonyl (C=O) groups is 1. The SMILES string of the molecule is Cc1c(C(=O)NC2CCN(c3ccccc3)C2)nnn1C1CCNCC1.Cl.Cl. The second kappa shape index (κ2) is 10.1. The molecule has 2 fully saturated rings. The van der Waals surface area contributed by atoms with Crippen molar-refractivity contribution in [1.82, 2.24) is 25.6 Å². The summed E-state index contributed by atoms with van der Waals surface area (Å²) in [5.41, 5.74) is 2.53. The molecule has 9 heteroatoms. The number of piperidine rings is 1. The standard InChI is InChI=1S/C19H26N6O.2ClH/c1-14-18(22-23-25(14)17-7-10-20-11-8-17)19(26)21-15-9-12-24(13-15)16-5-3-2-4-6-16;;/h2-6,15,17,20H,7-13H2,1H3,(H,21,26);2*1H. The Hall–Kier alpha value is -1.83. The van der Waals surface area contributed by atoms with Crippen molar-refractivity contribution in [3.8, 4) is 0 Å². The Bertz CT molecular complexity index is 763. The first kappa shape index (κ1) is 22.5. The molecule has 3 heterocycles. The van der Waals surface area contributed by atoms with Crippen LogP contribution in [-0.4, -0.2) is 53.1 Å². The number of para-hydroxylation sites is 1. The van der Waals surface area contributed by atoms with Gasteiger partial charge >= 0.3 is 0 Å². The quantitative estimate of drug-likeness (QED) is 0.784. The van der Waals surface area contributed by atoms with Crippen LogP contribution in [0.4, 0.5) is 5.69 Å². The summed E-state index contributed by atoms with van der Waals surface area (Å²) in [6.07, 6.45) is 3.00. The number of anilines is 1. The molecule has 1 unspecified atom stereocenters. The average molecular weight is 427 g/mol. The van der Waals surface area contributed by atoms with Crippen molar-refractivity contribution in [2.24, 2.45) is 0 Å². The molecule has 2 saturated heterocycles. The Morgan fingerprint density at radius 2 is 1.86 bits per heavy atom. The van der Waals surface area contributed by atoms with E-state index in [0.717, 1.165) is 51.1 Å². The van der Waals surface area contributed by atoms with Gasteiger partial charge in [-0.05, 0) is 51.4 Å². The van der Waals surface area contributed by atoms with Gasteiger partial charge in [-0.3, -0.25) is 4.79 Å². The number of hydrogen-bond donors (Lipinski definition) is 2. The predicted molar refractivity (Wildman–Crippen MR) is 115 cm³/mol. The molecule has 0 bridgehead atoms. The molecule has 0 saturated carbocycles. The first-order chi connectivity index (χ1) is 12.7. The molecular weight excluding hydrogens is 399 g/mol. The second-order valence-corrected chi connectivity index (χ2v) is 7.19. The lowest BCUT2D eigenvalue weighted by atomic mass is 10.1. The molecule has 2 N–H and O–H groups in total. The Kier molecular flexibility index (Phi) is 8.10. The molecule has 2 aliphatic rings. The monoisotopic (exact) mass is 426 g/mol. The van der Waals surface area contributed by atoms with E-state index in [0.29, 0.717) is 11.7 Å². The molecule has 1 aromatic carbocycles. The molecule has 1 aromatic heterocycles. The maximum absolute atomic E-state index is 12.7. The minimum Gasteiger partial charge on any atom is -0.369 e. The third kappa shape index (κ3) is 4.77. The van der Waals surface area contributed by atoms with Crippen LogP contribution in [0.15, 0.2) is 30.3 Å². The van der Waals surface area contributed by atoms with Gasteiger partial charge in [0.05, 0.1) is 11.7 Å². The molecular formula is C19H28Cl2N6O. The fourth-order valence-electron chi connectivity index (χ4n) is 3.95. The summed E-state index contributed by atoms with van der Waals surface area (Å²) >= 11 is 0. The third-order valence-electron chi connectivity index (χ3n) is 5.44. The minimum atomic E-state index is -0.109. The van der Waals surface area contributed by atoms with E-state index in [4.69, 9.17) is 0 Å². The van der Waals surface area contributed by atoms with E-state index in [9.17, 15) is 4.79 Å². The summed E-state index contributed by atoms with van der Waals surface area (Å²) < 4.78 is 1.93. The van der Waals surface area contributed by atoms with Crippen molar-refractivity contribution >= 4 is 36.4 Å². The van der Waals surface area contributed by atoms with E-state index in [2.05, 4.69) is 38.0 Å².